The highest BCUT2D eigenvalue weighted by Crippen LogP contribution is 2.43. The van der Waals surface area contributed by atoms with Crippen molar-refractivity contribution in [1.29, 1.82) is 0 Å². The summed E-state index contributed by atoms with van der Waals surface area (Å²) in [6.45, 7) is 2.75. The van der Waals surface area contributed by atoms with Gasteiger partial charge in [0, 0.05) is 12.8 Å². The third-order valence-corrected chi connectivity index (χ3v) is 11.5. The van der Waals surface area contributed by atoms with Gasteiger partial charge in [-0.2, -0.15) is 0 Å². The number of carbonyl (C=O) groups excluding carboxylic acids is 2. The van der Waals surface area contributed by atoms with Gasteiger partial charge in [0.25, 0.3) is 0 Å². The lowest BCUT2D eigenvalue weighted by molar-refractivity contribution is -0.161. The highest BCUT2D eigenvalue weighted by molar-refractivity contribution is 7.47. The maximum absolute atomic E-state index is 12.6. The number of allylic oxidation sites excluding steroid dienone is 8. The molecule has 0 aliphatic rings. The summed E-state index contributed by atoms with van der Waals surface area (Å²) in [5.74, 6) is -2.44. The number of nitrogens with two attached hydrogens (primary N) is 1. The van der Waals surface area contributed by atoms with E-state index in [1.807, 2.05) is 12.2 Å². The molecule has 0 heterocycles. The first-order valence-corrected chi connectivity index (χ1v) is 26.2. The molecule has 12 heteroatoms. The second-order valence-electron chi connectivity index (χ2n) is 16.6. The summed E-state index contributed by atoms with van der Waals surface area (Å²) in [6, 6.07) is -1.53. The maximum Gasteiger partial charge on any atom is 0.472 e. The zero-order valence-electron chi connectivity index (χ0n) is 39.2. The molecule has 0 bridgehead atoms. The van der Waals surface area contributed by atoms with Crippen molar-refractivity contribution in [2.75, 3.05) is 19.8 Å². The van der Waals surface area contributed by atoms with Crippen molar-refractivity contribution in [3.05, 3.63) is 48.6 Å². The molecule has 0 fully saturated rings. The molecule has 0 amide bonds. The first-order valence-electron chi connectivity index (χ1n) is 24.7. The molecule has 0 radical (unpaired) electrons. The van der Waals surface area contributed by atoms with Crippen LogP contribution in [0.2, 0.25) is 0 Å². The fraction of sp³-hybridized carbons (Fsp3) is 0.780. The third-order valence-electron chi connectivity index (χ3n) is 10.6. The van der Waals surface area contributed by atoms with Gasteiger partial charge in [-0.25, -0.2) is 4.57 Å². The van der Waals surface area contributed by atoms with Crippen LogP contribution in [0.4, 0.5) is 0 Å². The standard InChI is InChI=1S/C50H90NO10P/c1-3-5-7-9-11-13-15-17-19-21-22-23-24-26-27-29-31-33-35-37-39-41-48(52)58-43-46(44-59-62(56,57)60-45-47(51)50(54)55)61-49(53)42-40-38-36-34-32-30-28-25-20-18-16-14-12-10-8-6-4-2/h12,14,18,20,28,30,34,36,46-47H,3-11,13,15-17,19,21-27,29,31-33,35,37-45,51H2,1-2H3,(H,54,55)(H,56,57)/b14-12+,20-18+,30-28+,36-34+/t46-,47+/m1/s1. The fourth-order valence-corrected chi connectivity index (χ4v) is 7.48. The molecule has 0 saturated carbocycles. The molecule has 0 spiro atoms. The summed E-state index contributed by atoms with van der Waals surface area (Å²) in [5, 5.41) is 8.91. The third kappa shape index (κ3) is 44.1. The van der Waals surface area contributed by atoms with Crippen molar-refractivity contribution in [3.8, 4) is 0 Å². The van der Waals surface area contributed by atoms with Crippen LogP contribution in [0.15, 0.2) is 48.6 Å². The van der Waals surface area contributed by atoms with Gasteiger partial charge in [-0.15, -0.1) is 0 Å². The predicted octanol–water partition coefficient (Wildman–Crippen LogP) is 13.7. The smallest absolute Gasteiger partial charge is 0.472 e. The molecule has 0 aliphatic heterocycles. The van der Waals surface area contributed by atoms with Crippen LogP contribution in [0, 0.1) is 0 Å². The van der Waals surface area contributed by atoms with E-state index in [9.17, 15) is 23.8 Å². The summed E-state index contributed by atoms with van der Waals surface area (Å²) in [7, 11) is -4.73. The zero-order valence-corrected chi connectivity index (χ0v) is 40.1. The number of phosphoric ester groups is 1. The van der Waals surface area contributed by atoms with Gasteiger partial charge in [-0.05, 0) is 51.4 Å². The second kappa shape index (κ2) is 45.0. The number of hydrogen-bond acceptors (Lipinski definition) is 9. The monoisotopic (exact) mass is 896 g/mol. The van der Waals surface area contributed by atoms with E-state index in [0.29, 0.717) is 19.3 Å². The highest BCUT2D eigenvalue weighted by atomic mass is 31.2. The lowest BCUT2D eigenvalue weighted by Gasteiger charge is -2.20. The van der Waals surface area contributed by atoms with E-state index in [0.717, 1.165) is 44.9 Å². The van der Waals surface area contributed by atoms with Crippen LogP contribution >= 0.6 is 7.82 Å². The number of rotatable bonds is 46. The van der Waals surface area contributed by atoms with E-state index >= 15 is 0 Å². The molecule has 62 heavy (non-hydrogen) atoms. The fourth-order valence-electron chi connectivity index (χ4n) is 6.71. The normalized spacial score (nSPS) is 14.0. The first kappa shape index (κ1) is 59.4. The van der Waals surface area contributed by atoms with E-state index in [2.05, 4.69) is 54.8 Å². The number of aliphatic carboxylic acids is 1. The van der Waals surface area contributed by atoms with Crippen LogP contribution < -0.4 is 5.73 Å². The Morgan fingerprint density at radius 2 is 0.871 bits per heavy atom. The van der Waals surface area contributed by atoms with Gasteiger partial charge in [0.1, 0.15) is 12.6 Å². The largest absolute Gasteiger partial charge is 0.480 e. The van der Waals surface area contributed by atoms with Gasteiger partial charge >= 0.3 is 25.7 Å². The predicted molar refractivity (Wildman–Crippen MR) is 254 cm³/mol. The quantitative estimate of drug-likeness (QED) is 0.0230. The molecule has 1 unspecified atom stereocenters. The second-order valence-corrected chi connectivity index (χ2v) is 18.1. The Hall–Kier alpha value is -2.56. The zero-order chi connectivity index (χ0) is 45.6. The Labute approximate surface area is 377 Å². The molecule has 0 aromatic heterocycles. The van der Waals surface area contributed by atoms with E-state index in [1.54, 1.807) is 0 Å². The van der Waals surface area contributed by atoms with Crippen LogP contribution in [-0.4, -0.2) is 59.9 Å². The molecule has 0 rings (SSSR count). The van der Waals surface area contributed by atoms with Gasteiger partial charge < -0.3 is 25.2 Å². The Balaban J connectivity index is 4.31. The van der Waals surface area contributed by atoms with Crippen LogP contribution in [0.25, 0.3) is 0 Å². The summed E-state index contributed by atoms with van der Waals surface area (Å²) < 4.78 is 32.7. The van der Waals surface area contributed by atoms with Crippen LogP contribution in [0.5, 0.6) is 0 Å². The highest BCUT2D eigenvalue weighted by Gasteiger charge is 2.28. The topological polar surface area (TPSA) is 172 Å². The molecule has 0 aliphatic carbocycles. The SMILES string of the molecule is CCCCC/C=C/C/C=C/C/C=C/C/C=C/CCCC(=O)O[C@H](COC(=O)CCCCCCCCCCCCCCCCCCCCCCC)COP(=O)(O)OC[C@H](N)C(=O)O. The number of hydrogen-bond donors (Lipinski definition) is 3. The number of ether oxygens (including phenoxy) is 2. The minimum Gasteiger partial charge on any atom is -0.480 e. The number of unbranched alkanes of at least 4 members (excludes halogenated alkanes) is 24. The van der Waals surface area contributed by atoms with E-state index < -0.39 is 51.1 Å². The summed E-state index contributed by atoms with van der Waals surface area (Å²) in [5.41, 5.74) is 5.34. The molecule has 3 atom stereocenters. The molecular formula is C50H90NO10P. The molecule has 360 valence electrons. The molecule has 4 N–H and O–H groups in total. The van der Waals surface area contributed by atoms with Crippen LogP contribution in [-0.2, 0) is 37.5 Å². The average Bonchev–Trinajstić information content (AvgIpc) is 3.25. The van der Waals surface area contributed by atoms with Crippen molar-refractivity contribution in [1.82, 2.24) is 0 Å². The van der Waals surface area contributed by atoms with Crippen molar-refractivity contribution in [3.63, 3.8) is 0 Å². The van der Waals surface area contributed by atoms with Gasteiger partial charge in [0.2, 0.25) is 0 Å². The Kier molecular flexibility index (Phi) is 43.2. The summed E-state index contributed by atoms with van der Waals surface area (Å²) in [6.07, 6.45) is 51.9. The summed E-state index contributed by atoms with van der Waals surface area (Å²) >= 11 is 0. The van der Waals surface area contributed by atoms with E-state index in [1.165, 1.54) is 128 Å². The molecule has 0 aromatic rings. The van der Waals surface area contributed by atoms with Gasteiger partial charge in [0.15, 0.2) is 6.10 Å². The van der Waals surface area contributed by atoms with Crippen molar-refractivity contribution >= 4 is 25.7 Å². The molecule has 0 aromatic carbocycles. The molecular weight excluding hydrogens is 806 g/mol. The first-order chi connectivity index (χ1) is 30.1. The minimum absolute atomic E-state index is 0.0860. The van der Waals surface area contributed by atoms with Crippen molar-refractivity contribution in [2.45, 2.75) is 231 Å². The van der Waals surface area contributed by atoms with Gasteiger partial charge in [-0.3, -0.25) is 23.4 Å². The van der Waals surface area contributed by atoms with Crippen LogP contribution in [0.1, 0.15) is 219 Å². The number of carboxylic acids is 1. The van der Waals surface area contributed by atoms with E-state index in [-0.39, 0.29) is 19.4 Å². The number of phosphoric acid groups is 1. The lowest BCUT2D eigenvalue weighted by Crippen LogP contribution is -2.34. The maximum atomic E-state index is 12.6. The lowest BCUT2D eigenvalue weighted by atomic mass is 10.0. The minimum atomic E-state index is -4.73. The Bertz CT molecular complexity index is 1240. The van der Waals surface area contributed by atoms with Gasteiger partial charge in [-0.1, -0.05) is 204 Å². The Morgan fingerprint density at radius 1 is 0.500 bits per heavy atom. The Morgan fingerprint density at radius 3 is 1.32 bits per heavy atom. The number of carboxylic acid groups (broad SMARTS) is 1. The van der Waals surface area contributed by atoms with Gasteiger partial charge in [0.05, 0.1) is 13.2 Å². The number of esters is 2. The van der Waals surface area contributed by atoms with Crippen molar-refractivity contribution < 1.29 is 47.5 Å². The van der Waals surface area contributed by atoms with Crippen LogP contribution in [0.3, 0.4) is 0 Å². The average molecular weight is 896 g/mol. The molecule has 0 saturated heterocycles. The summed E-state index contributed by atoms with van der Waals surface area (Å²) in [4.78, 5) is 46.1. The van der Waals surface area contributed by atoms with Crippen molar-refractivity contribution in [2.24, 2.45) is 5.73 Å². The molecule has 11 nitrogen and oxygen atoms in total. The number of carbonyl (C=O) groups is 3. The van der Waals surface area contributed by atoms with E-state index in [4.69, 9.17) is 24.8 Å².